The Bertz CT molecular complexity index is 1200. The first-order valence-electron chi connectivity index (χ1n) is 10.0. The first-order valence-corrected chi connectivity index (χ1v) is 12.1. The summed E-state index contributed by atoms with van der Waals surface area (Å²) in [7, 11) is 0. The van der Waals surface area contributed by atoms with Crippen LogP contribution >= 0.6 is 33.9 Å². The van der Waals surface area contributed by atoms with Gasteiger partial charge >= 0.3 is 0 Å². The third-order valence-corrected chi connectivity index (χ3v) is 7.79. The number of nitrogen functional groups attached to an aromatic ring is 1. The summed E-state index contributed by atoms with van der Waals surface area (Å²) >= 11 is 3.87. The number of nitriles is 1. The van der Waals surface area contributed by atoms with Crippen molar-refractivity contribution < 1.29 is 4.79 Å². The van der Waals surface area contributed by atoms with Gasteiger partial charge in [-0.1, -0.05) is 28.7 Å². The number of pyridine rings is 1. The lowest BCUT2D eigenvalue weighted by Crippen LogP contribution is -2.37. The fourth-order valence-corrected chi connectivity index (χ4v) is 5.82. The maximum absolute atomic E-state index is 13.2. The zero-order valence-electron chi connectivity index (χ0n) is 16.6. The van der Waals surface area contributed by atoms with Gasteiger partial charge in [-0.25, -0.2) is 9.97 Å². The molecule has 0 bridgehead atoms. The largest absolute Gasteiger partial charge is 0.398 e. The number of hydrogen-bond donors (Lipinski definition) is 1. The van der Waals surface area contributed by atoms with E-state index in [0.29, 0.717) is 38.7 Å². The molecule has 0 saturated carbocycles. The lowest BCUT2D eigenvalue weighted by molar-refractivity contribution is 0.0984. The predicted octanol–water partition coefficient (Wildman–Crippen LogP) is 3.88. The minimum Gasteiger partial charge on any atom is -0.398 e. The van der Waals surface area contributed by atoms with E-state index in [1.807, 2.05) is 18.3 Å². The number of halogens is 1. The number of nitrogens with two attached hydrogens (primary N) is 1. The van der Waals surface area contributed by atoms with Gasteiger partial charge in [-0.15, -0.1) is 11.3 Å². The summed E-state index contributed by atoms with van der Waals surface area (Å²) in [5.74, 6) is 0.846. The Labute approximate surface area is 197 Å². The number of amides is 1. The zero-order chi connectivity index (χ0) is 21.5. The average Bonchev–Trinajstić information content (AvgIpc) is 3.41. The van der Waals surface area contributed by atoms with E-state index >= 15 is 0 Å². The summed E-state index contributed by atoms with van der Waals surface area (Å²) in [5, 5.41) is 10.3. The van der Waals surface area contributed by atoms with E-state index in [1.165, 1.54) is 17.8 Å². The van der Waals surface area contributed by atoms with Crippen LogP contribution in [0.15, 0.2) is 36.5 Å². The number of anilines is 3. The van der Waals surface area contributed by atoms with Gasteiger partial charge in [-0.2, -0.15) is 5.26 Å². The van der Waals surface area contributed by atoms with E-state index < -0.39 is 0 Å². The molecule has 1 aromatic carbocycles. The van der Waals surface area contributed by atoms with Crippen molar-refractivity contribution in [3.8, 4) is 16.6 Å². The molecule has 0 spiro atoms. The first kappa shape index (κ1) is 20.2. The van der Waals surface area contributed by atoms with E-state index in [1.54, 1.807) is 23.1 Å². The second kappa shape index (κ2) is 8.09. The number of alkyl halides is 1. The minimum absolute atomic E-state index is 0.137. The molecule has 7 nitrogen and oxygen atoms in total. The molecule has 1 amide bonds. The summed E-state index contributed by atoms with van der Waals surface area (Å²) in [6.07, 6.45) is 3.66. The molecule has 5 rings (SSSR count). The average molecular weight is 542 g/mol. The molecular weight excluding hydrogens is 523 g/mol. The second-order valence-corrected chi connectivity index (χ2v) is 10.4. The zero-order valence-corrected chi connectivity index (χ0v) is 19.6. The van der Waals surface area contributed by atoms with E-state index in [-0.39, 0.29) is 5.91 Å². The summed E-state index contributed by atoms with van der Waals surface area (Å²) in [4.78, 5) is 27.1. The minimum atomic E-state index is -0.137. The molecule has 1 unspecified atom stereocenters. The number of aromatic nitrogens is 2. The lowest BCUT2D eigenvalue weighted by Gasteiger charge is -2.27. The van der Waals surface area contributed by atoms with E-state index in [0.717, 1.165) is 35.2 Å². The molecule has 0 radical (unpaired) electrons. The molecule has 2 N–H and O–H groups in total. The van der Waals surface area contributed by atoms with Crippen LogP contribution in [0.5, 0.6) is 0 Å². The summed E-state index contributed by atoms with van der Waals surface area (Å²) in [5.41, 5.74) is 8.92. The molecule has 1 saturated heterocycles. The monoisotopic (exact) mass is 542 g/mol. The number of carbonyl (C=O) groups excluding carboxylic acids is 1. The van der Waals surface area contributed by atoms with Crippen LogP contribution in [0.1, 0.15) is 27.3 Å². The third kappa shape index (κ3) is 3.64. The van der Waals surface area contributed by atoms with Crippen LogP contribution < -0.4 is 15.5 Å². The highest BCUT2D eigenvalue weighted by atomic mass is 127. The van der Waals surface area contributed by atoms with Gasteiger partial charge in [0.05, 0.1) is 22.6 Å². The van der Waals surface area contributed by atoms with Gasteiger partial charge in [-0.05, 0) is 30.7 Å². The molecule has 1 fully saturated rings. The van der Waals surface area contributed by atoms with Crippen molar-refractivity contribution in [3.63, 3.8) is 0 Å². The van der Waals surface area contributed by atoms with Crippen LogP contribution in [-0.4, -0.2) is 39.4 Å². The van der Waals surface area contributed by atoms with Crippen LogP contribution in [0.3, 0.4) is 0 Å². The standard InChI is InChI=1S/C22H19IN6OS/c23-14-6-8-28(12-14)19-5-4-13(11-26-19)21-27-17-7-9-29(22(30)20(17)31-21)18-3-1-2-16(25)15(18)10-24/h1-5,11,14H,6-9,12,25H2. The van der Waals surface area contributed by atoms with E-state index in [4.69, 9.17) is 10.7 Å². The topological polar surface area (TPSA) is 99.1 Å². The highest BCUT2D eigenvalue weighted by molar-refractivity contribution is 14.1. The third-order valence-electron chi connectivity index (χ3n) is 5.64. The van der Waals surface area contributed by atoms with Crippen LogP contribution in [0, 0.1) is 11.3 Å². The van der Waals surface area contributed by atoms with Crippen molar-refractivity contribution in [2.45, 2.75) is 16.8 Å². The molecule has 2 aliphatic heterocycles. The van der Waals surface area contributed by atoms with E-state index in [2.05, 4.69) is 38.5 Å². The van der Waals surface area contributed by atoms with Gasteiger partial charge in [0.15, 0.2) is 0 Å². The van der Waals surface area contributed by atoms with Crippen LogP contribution in [0.4, 0.5) is 17.2 Å². The Kier molecular flexibility index (Phi) is 5.27. The first-order chi connectivity index (χ1) is 15.0. The maximum atomic E-state index is 13.2. The Morgan fingerprint density at radius 3 is 2.84 bits per heavy atom. The molecule has 156 valence electrons. The Balaban J connectivity index is 1.42. The van der Waals surface area contributed by atoms with E-state index in [9.17, 15) is 10.1 Å². The summed E-state index contributed by atoms with van der Waals surface area (Å²) in [6, 6.07) is 11.4. The van der Waals surface area contributed by atoms with Gasteiger partial charge in [0.1, 0.15) is 21.8 Å². The number of carbonyl (C=O) groups is 1. The van der Waals surface area contributed by atoms with Gasteiger partial charge in [-0.3, -0.25) is 4.79 Å². The number of fused-ring (bicyclic) bond motifs is 1. The molecule has 2 aromatic heterocycles. The van der Waals surface area contributed by atoms with Gasteiger partial charge in [0, 0.05) is 41.7 Å². The molecule has 2 aliphatic rings. The highest BCUT2D eigenvalue weighted by Gasteiger charge is 2.31. The van der Waals surface area contributed by atoms with Gasteiger partial charge in [0.2, 0.25) is 0 Å². The van der Waals surface area contributed by atoms with Crippen LogP contribution in [-0.2, 0) is 6.42 Å². The second-order valence-electron chi connectivity index (χ2n) is 7.59. The normalized spacial score (nSPS) is 18.2. The van der Waals surface area contributed by atoms with Crippen molar-refractivity contribution in [2.75, 3.05) is 35.2 Å². The highest BCUT2D eigenvalue weighted by Crippen LogP contribution is 2.35. The fourth-order valence-electron chi connectivity index (χ4n) is 4.01. The predicted molar refractivity (Wildman–Crippen MR) is 131 cm³/mol. The number of thiazole rings is 1. The number of hydrogen-bond acceptors (Lipinski definition) is 7. The number of rotatable bonds is 3. The maximum Gasteiger partial charge on any atom is 0.270 e. The van der Waals surface area contributed by atoms with Crippen molar-refractivity contribution >= 4 is 57.0 Å². The SMILES string of the molecule is N#Cc1c(N)cccc1N1CCc2nc(-c3ccc(N4CCC(I)C4)nc3)sc2C1=O. The number of nitrogens with zero attached hydrogens (tertiary/aromatic N) is 5. The molecule has 9 heteroatoms. The molecule has 0 aliphatic carbocycles. The Hall–Kier alpha value is -2.71. The van der Waals surface area contributed by atoms with Crippen molar-refractivity contribution in [1.82, 2.24) is 9.97 Å². The van der Waals surface area contributed by atoms with Crippen molar-refractivity contribution in [1.29, 1.82) is 5.26 Å². The molecule has 1 atom stereocenters. The summed E-state index contributed by atoms with van der Waals surface area (Å²) in [6.45, 7) is 2.53. The smallest absolute Gasteiger partial charge is 0.270 e. The fraction of sp³-hybridized carbons (Fsp3) is 0.273. The molecular formula is C22H19IN6OS. The molecule has 4 heterocycles. The number of benzene rings is 1. The van der Waals surface area contributed by atoms with Crippen LogP contribution in [0.2, 0.25) is 0 Å². The quantitative estimate of drug-likeness (QED) is 0.307. The van der Waals surface area contributed by atoms with Crippen molar-refractivity contribution in [2.24, 2.45) is 0 Å². The van der Waals surface area contributed by atoms with Crippen molar-refractivity contribution in [3.05, 3.63) is 52.7 Å². The van der Waals surface area contributed by atoms with Gasteiger partial charge in [0.25, 0.3) is 5.91 Å². The molecule has 31 heavy (non-hydrogen) atoms. The van der Waals surface area contributed by atoms with Crippen LogP contribution in [0.25, 0.3) is 10.6 Å². The lowest BCUT2D eigenvalue weighted by atomic mass is 10.1. The molecule has 3 aromatic rings. The Morgan fingerprint density at radius 1 is 1.26 bits per heavy atom. The van der Waals surface area contributed by atoms with Gasteiger partial charge < -0.3 is 15.5 Å². The Morgan fingerprint density at radius 2 is 2.13 bits per heavy atom. The summed E-state index contributed by atoms with van der Waals surface area (Å²) < 4.78 is 0.667.